The Hall–Kier alpha value is -1.91. The number of carbonyl (C=O) groups is 1. The van der Waals surface area contributed by atoms with E-state index in [-0.39, 0.29) is 6.09 Å². The summed E-state index contributed by atoms with van der Waals surface area (Å²) in [6.07, 6.45) is 1.50. The highest BCUT2D eigenvalue weighted by Crippen LogP contribution is 2.39. The van der Waals surface area contributed by atoms with Gasteiger partial charge in [0.25, 0.3) is 0 Å². The van der Waals surface area contributed by atoms with Gasteiger partial charge in [-0.3, -0.25) is 0 Å². The minimum atomic E-state index is -0.458. The van der Waals surface area contributed by atoms with Crippen molar-refractivity contribution in [3.63, 3.8) is 0 Å². The summed E-state index contributed by atoms with van der Waals surface area (Å²) in [5, 5.41) is 0. The summed E-state index contributed by atoms with van der Waals surface area (Å²) in [4.78, 5) is 16.6. The first-order valence-corrected chi connectivity index (χ1v) is 9.31. The summed E-state index contributed by atoms with van der Waals surface area (Å²) in [5.41, 5.74) is 4.65. The molecule has 0 bridgehead atoms. The lowest BCUT2D eigenvalue weighted by atomic mass is 9.95. The number of rotatable bonds is 1. The average Bonchev–Trinajstić information content (AvgIpc) is 2.76. The van der Waals surface area contributed by atoms with Gasteiger partial charge in [-0.05, 0) is 70.2 Å². The predicted molar refractivity (Wildman–Crippen MR) is 99.8 cm³/mol. The zero-order chi connectivity index (χ0) is 18.2. The van der Waals surface area contributed by atoms with Crippen LogP contribution in [-0.2, 0) is 17.6 Å². The van der Waals surface area contributed by atoms with Gasteiger partial charge in [-0.15, -0.1) is 0 Å². The van der Waals surface area contributed by atoms with Gasteiger partial charge >= 0.3 is 6.09 Å². The molecule has 1 aromatic carbocycles. The van der Waals surface area contributed by atoms with E-state index >= 15 is 0 Å². The number of fused-ring (bicyclic) bond motifs is 2. The Kier molecular flexibility index (Phi) is 4.85. The molecule has 0 saturated heterocycles. The van der Waals surface area contributed by atoms with Crippen LogP contribution >= 0.6 is 0 Å². The first-order chi connectivity index (χ1) is 11.8. The Morgan fingerprint density at radius 1 is 1.24 bits per heavy atom. The zero-order valence-electron chi connectivity index (χ0n) is 16.1. The zero-order valence-corrected chi connectivity index (χ0v) is 16.1. The molecule has 3 rings (SSSR count). The number of nitrogens with zero attached hydrogens (tertiary/aromatic N) is 2. The molecule has 2 heterocycles. The molecule has 5 heteroatoms. The highest BCUT2D eigenvalue weighted by Gasteiger charge is 2.28. The standard InChI is InChI=1S/C20H30N2O3/c1-6-21-11-12-24-18-14(2)16-8-10-22(19(23)25-20(3,4)5)9-7-15(16)13-17(18)21/h13H,6-12H2,1-5H3. The van der Waals surface area contributed by atoms with E-state index < -0.39 is 5.60 Å². The van der Waals surface area contributed by atoms with Crippen LogP contribution in [0.15, 0.2) is 6.07 Å². The normalized spacial score (nSPS) is 17.3. The third kappa shape index (κ3) is 3.70. The molecule has 0 saturated carbocycles. The molecule has 25 heavy (non-hydrogen) atoms. The first kappa shape index (κ1) is 17.9. The van der Waals surface area contributed by atoms with Crippen LogP contribution in [0.1, 0.15) is 44.4 Å². The lowest BCUT2D eigenvalue weighted by molar-refractivity contribution is 0.0258. The molecule has 5 nitrogen and oxygen atoms in total. The van der Waals surface area contributed by atoms with E-state index in [1.807, 2.05) is 25.7 Å². The first-order valence-electron chi connectivity index (χ1n) is 9.31. The largest absolute Gasteiger partial charge is 0.489 e. The second-order valence-corrected chi connectivity index (χ2v) is 7.88. The van der Waals surface area contributed by atoms with Crippen molar-refractivity contribution in [3.8, 4) is 5.75 Å². The molecule has 138 valence electrons. The molecule has 0 aromatic heterocycles. The third-order valence-corrected chi connectivity index (χ3v) is 4.99. The van der Waals surface area contributed by atoms with Crippen LogP contribution in [-0.4, -0.2) is 49.4 Å². The number of amides is 1. The average molecular weight is 346 g/mol. The third-order valence-electron chi connectivity index (χ3n) is 4.99. The SMILES string of the molecule is CCN1CCOc2c1cc1c(c2C)CCN(C(=O)OC(C)(C)C)CC1. The number of carbonyl (C=O) groups excluding carboxylic acids is 1. The number of anilines is 1. The summed E-state index contributed by atoms with van der Waals surface area (Å²) in [7, 11) is 0. The Balaban J connectivity index is 1.85. The minimum Gasteiger partial charge on any atom is -0.489 e. The lowest BCUT2D eigenvalue weighted by Gasteiger charge is -2.32. The van der Waals surface area contributed by atoms with Gasteiger partial charge in [-0.25, -0.2) is 4.79 Å². The van der Waals surface area contributed by atoms with Crippen molar-refractivity contribution < 1.29 is 14.3 Å². The molecular formula is C20H30N2O3. The van der Waals surface area contributed by atoms with Crippen molar-refractivity contribution in [1.29, 1.82) is 0 Å². The molecule has 0 radical (unpaired) electrons. The second kappa shape index (κ2) is 6.77. The van der Waals surface area contributed by atoms with Crippen molar-refractivity contribution in [2.45, 2.75) is 53.1 Å². The quantitative estimate of drug-likeness (QED) is 0.780. The summed E-state index contributed by atoms with van der Waals surface area (Å²) in [6, 6.07) is 2.28. The fraction of sp³-hybridized carbons (Fsp3) is 0.650. The van der Waals surface area contributed by atoms with E-state index in [1.54, 1.807) is 0 Å². The monoisotopic (exact) mass is 346 g/mol. The van der Waals surface area contributed by atoms with Crippen LogP contribution in [0.3, 0.4) is 0 Å². The number of benzene rings is 1. The molecule has 0 aliphatic carbocycles. The Morgan fingerprint density at radius 3 is 2.64 bits per heavy atom. The topological polar surface area (TPSA) is 42.0 Å². The van der Waals surface area contributed by atoms with E-state index in [0.717, 1.165) is 38.3 Å². The van der Waals surface area contributed by atoms with Gasteiger partial charge in [-0.1, -0.05) is 0 Å². The van der Waals surface area contributed by atoms with Gasteiger partial charge < -0.3 is 19.3 Å². The van der Waals surface area contributed by atoms with Crippen LogP contribution in [0.25, 0.3) is 0 Å². The summed E-state index contributed by atoms with van der Waals surface area (Å²) >= 11 is 0. The van der Waals surface area contributed by atoms with Crippen molar-refractivity contribution in [3.05, 3.63) is 22.8 Å². The summed E-state index contributed by atoms with van der Waals surface area (Å²) < 4.78 is 11.5. The smallest absolute Gasteiger partial charge is 0.410 e. The van der Waals surface area contributed by atoms with Crippen molar-refractivity contribution in [2.75, 3.05) is 37.7 Å². The van der Waals surface area contributed by atoms with Gasteiger partial charge in [-0.2, -0.15) is 0 Å². The highest BCUT2D eigenvalue weighted by molar-refractivity contribution is 5.70. The lowest BCUT2D eigenvalue weighted by Crippen LogP contribution is -2.38. The van der Waals surface area contributed by atoms with Gasteiger partial charge in [0.15, 0.2) is 0 Å². The molecule has 0 fully saturated rings. The molecule has 1 aromatic rings. The number of hydrogen-bond donors (Lipinski definition) is 0. The maximum absolute atomic E-state index is 12.4. The molecule has 0 N–H and O–H groups in total. The van der Waals surface area contributed by atoms with E-state index in [9.17, 15) is 4.79 Å². The Morgan fingerprint density at radius 2 is 1.96 bits per heavy atom. The van der Waals surface area contributed by atoms with Crippen molar-refractivity contribution in [2.24, 2.45) is 0 Å². The summed E-state index contributed by atoms with van der Waals surface area (Å²) in [5.74, 6) is 1.03. The Labute approximate surface area is 150 Å². The molecule has 1 amide bonds. The molecule has 0 spiro atoms. The van der Waals surface area contributed by atoms with E-state index in [1.165, 1.54) is 22.4 Å². The fourth-order valence-electron chi connectivity index (χ4n) is 3.71. The maximum atomic E-state index is 12.4. The predicted octanol–water partition coefficient (Wildman–Crippen LogP) is 3.55. The van der Waals surface area contributed by atoms with Gasteiger partial charge in [0.2, 0.25) is 0 Å². The number of likely N-dealkylation sites (N-methyl/N-ethyl adjacent to an activating group) is 1. The molecule has 0 atom stereocenters. The minimum absolute atomic E-state index is 0.214. The van der Waals surface area contributed by atoms with E-state index in [2.05, 4.69) is 24.8 Å². The maximum Gasteiger partial charge on any atom is 0.410 e. The molecule has 0 unspecified atom stereocenters. The van der Waals surface area contributed by atoms with Crippen molar-refractivity contribution in [1.82, 2.24) is 4.90 Å². The van der Waals surface area contributed by atoms with Crippen LogP contribution in [0.5, 0.6) is 5.75 Å². The van der Waals surface area contributed by atoms with Crippen LogP contribution in [0.2, 0.25) is 0 Å². The second-order valence-electron chi connectivity index (χ2n) is 7.88. The molecular weight excluding hydrogens is 316 g/mol. The van der Waals surface area contributed by atoms with E-state index in [0.29, 0.717) is 13.1 Å². The van der Waals surface area contributed by atoms with Gasteiger partial charge in [0, 0.05) is 19.6 Å². The number of hydrogen-bond acceptors (Lipinski definition) is 4. The van der Waals surface area contributed by atoms with Gasteiger partial charge in [0.05, 0.1) is 12.2 Å². The highest BCUT2D eigenvalue weighted by atomic mass is 16.6. The van der Waals surface area contributed by atoms with Crippen molar-refractivity contribution >= 4 is 11.8 Å². The Bertz CT molecular complexity index is 664. The fourth-order valence-corrected chi connectivity index (χ4v) is 3.71. The summed E-state index contributed by atoms with van der Waals surface area (Å²) in [6.45, 7) is 14.1. The van der Waals surface area contributed by atoms with E-state index in [4.69, 9.17) is 9.47 Å². The van der Waals surface area contributed by atoms with Crippen LogP contribution in [0.4, 0.5) is 10.5 Å². The molecule has 2 aliphatic rings. The molecule has 2 aliphatic heterocycles. The van der Waals surface area contributed by atoms with Crippen LogP contribution < -0.4 is 9.64 Å². The van der Waals surface area contributed by atoms with Crippen LogP contribution in [0, 0.1) is 6.92 Å². The van der Waals surface area contributed by atoms with Gasteiger partial charge in [0.1, 0.15) is 18.0 Å². The number of ether oxygens (including phenoxy) is 2.